The summed E-state index contributed by atoms with van der Waals surface area (Å²) in [4.78, 5) is 11.8. The standard InChI is InChI=1S/C22H22Cl2O3/c23-19-7-5-16(11-20(19)24)17-10-15(18(22(25)26)9-13-1-2-13)6-8-21(17)27-12-14-3-4-14/h5-8,10-11,13-14,18H,1-4,9,12H2,(H,25,26). The van der Waals surface area contributed by atoms with Crippen LogP contribution in [0.1, 0.15) is 43.6 Å². The maximum absolute atomic E-state index is 11.8. The topological polar surface area (TPSA) is 46.5 Å². The van der Waals surface area contributed by atoms with Gasteiger partial charge in [0.05, 0.1) is 22.6 Å². The summed E-state index contributed by atoms with van der Waals surface area (Å²) in [5, 5.41) is 10.7. The summed E-state index contributed by atoms with van der Waals surface area (Å²) >= 11 is 12.3. The lowest BCUT2D eigenvalue weighted by molar-refractivity contribution is -0.139. The smallest absolute Gasteiger partial charge is 0.310 e. The van der Waals surface area contributed by atoms with Crippen molar-refractivity contribution in [1.29, 1.82) is 0 Å². The van der Waals surface area contributed by atoms with Gasteiger partial charge in [0.25, 0.3) is 0 Å². The molecule has 27 heavy (non-hydrogen) atoms. The van der Waals surface area contributed by atoms with Crippen molar-refractivity contribution in [3.8, 4) is 16.9 Å². The van der Waals surface area contributed by atoms with E-state index in [0.717, 1.165) is 35.3 Å². The van der Waals surface area contributed by atoms with Gasteiger partial charge in [-0.1, -0.05) is 48.2 Å². The van der Waals surface area contributed by atoms with Crippen LogP contribution in [-0.2, 0) is 4.79 Å². The van der Waals surface area contributed by atoms with Gasteiger partial charge in [-0.15, -0.1) is 0 Å². The third-order valence-electron chi connectivity index (χ3n) is 5.37. The van der Waals surface area contributed by atoms with Crippen molar-refractivity contribution >= 4 is 29.2 Å². The highest BCUT2D eigenvalue weighted by molar-refractivity contribution is 6.42. The van der Waals surface area contributed by atoms with E-state index < -0.39 is 11.9 Å². The zero-order valence-electron chi connectivity index (χ0n) is 15.0. The largest absolute Gasteiger partial charge is 0.493 e. The summed E-state index contributed by atoms with van der Waals surface area (Å²) in [6.07, 6.45) is 5.38. The number of hydrogen-bond donors (Lipinski definition) is 1. The third kappa shape index (κ3) is 4.59. The first-order valence-electron chi connectivity index (χ1n) is 9.46. The van der Waals surface area contributed by atoms with Gasteiger partial charge < -0.3 is 9.84 Å². The van der Waals surface area contributed by atoms with E-state index >= 15 is 0 Å². The van der Waals surface area contributed by atoms with E-state index in [0.29, 0.717) is 34.9 Å². The van der Waals surface area contributed by atoms with Gasteiger partial charge in [0.1, 0.15) is 5.75 Å². The molecule has 5 heteroatoms. The normalized spacial score (nSPS) is 17.6. The molecule has 1 N–H and O–H groups in total. The maximum Gasteiger partial charge on any atom is 0.310 e. The monoisotopic (exact) mass is 404 g/mol. The highest BCUT2D eigenvalue weighted by Gasteiger charge is 2.31. The Labute approximate surface area is 169 Å². The molecule has 2 aliphatic carbocycles. The maximum atomic E-state index is 11.8. The molecule has 0 aliphatic heterocycles. The molecule has 2 aromatic rings. The van der Waals surface area contributed by atoms with Crippen LogP contribution in [0.2, 0.25) is 10.0 Å². The molecule has 2 fully saturated rings. The molecule has 4 rings (SSSR count). The van der Waals surface area contributed by atoms with E-state index in [9.17, 15) is 9.90 Å². The van der Waals surface area contributed by atoms with Crippen molar-refractivity contribution in [2.45, 2.75) is 38.0 Å². The van der Waals surface area contributed by atoms with Crippen molar-refractivity contribution in [2.24, 2.45) is 11.8 Å². The lowest BCUT2D eigenvalue weighted by Crippen LogP contribution is -2.13. The van der Waals surface area contributed by atoms with Gasteiger partial charge in [-0.05, 0) is 66.5 Å². The Balaban J connectivity index is 1.70. The van der Waals surface area contributed by atoms with Gasteiger partial charge in [0.2, 0.25) is 0 Å². The van der Waals surface area contributed by atoms with Gasteiger partial charge in [-0.25, -0.2) is 0 Å². The molecule has 0 heterocycles. The molecule has 1 atom stereocenters. The Morgan fingerprint density at radius 1 is 1.04 bits per heavy atom. The first-order chi connectivity index (χ1) is 13.0. The van der Waals surface area contributed by atoms with E-state index in [1.165, 1.54) is 12.8 Å². The summed E-state index contributed by atoms with van der Waals surface area (Å²) in [5.74, 6) is 0.669. The van der Waals surface area contributed by atoms with Crippen LogP contribution in [-0.4, -0.2) is 17.7 Å². The predicted octanol–water partition coefficient (Wildman–Crippen LogP) is 6.42. The molecular weight excluding hydrogens is 383 g/mol. The van der Waals surface area contributed by atoms with Crippen molar-refractivity contribution in [3.05, 3.63) is 52.0 Å². The predicted molar refractivity (Wildman–Crippen MR) is 108 cm³/mol. The second-order valence-electron chi connectivity index (χ2n) is 7.71. The number of rotatable bonds is 8. The molecule has 142 valence electrons. The van der Waals surface area contributed by atoms with Crippen molar-refractivity contribution in [3.63, 3.8) is 0 Å². The van der Waals surface area contributed by atoms with Gasteiger partial charge in [-0.2, -0.15) is 0 Å². The number of hydrogen-bond acceptors (Lipinski definition) is 2. The van der Waals surface area contributed by atoms with Crippen LogP contribution < -0.4 is 4.74 Å². The zero-order valence-corrected chi connectivity index (χ0v) is 16.5. The summed E-state index contributed by atoms with van der Waals surface area (Å²) in [6.45, 7) is 0.693. The van der Waals surface area contributed by atoms with Crippen molar-refractivity contribution < 1.29 is 14.6 Å². The number of halogens is 2. The highest BCUT2D eigenvalue weighted by Crippen LogP contribution is 2.42. The van der Waals surface area contributed by atoms with Gasteiger partial charge >= 0.3 is 5.97 Å². The Hall–Kier alpha value is -1.71. The third-order valence-corrected chi connectivity index (χ3v) is 6.11. The van der Waals surface area contributed by atoms with Gasteiger partial charge in [0.15, 0.2) is 0 Å². The quantitative estimate of drug-likeness (QED) is 0.551. The van der Waals surface area contributed by atoms with Crippen molar-refractivity contribution in [1.82, 2.24) is 0 Å². The molecule has 3 nitrogen and oxygen atoms in total. The molecule has 1 unspecified atom stereocenters. The number of carbonyl (C=O) groups is 1. The average Bonchev–Trinajstić information content (AvgIpc) is 3.54. The molecule has 0 aromatic heterocycles. The zero-order chi connectivity index (χ0) is 19.0. The Morgan fingerprint density at radius 2 is 1.78 bits per heavy atom. The minimum atomic E-state index is -0.770. The molecule has 0 saturated heterocycles. The van der Waals surface area contributed by atoms with Gasteiger partial charge in [0, 0.05) is 5.56 Å². The van der Waals surface area contributed by atoms with E-state index in [4.69, 9.17) is 27.9 Å². The van der Waals surface area contributed by atoms with Crippen LogP contribution >= 0.6 is 23.2 Å². The fraction of sp³-hybridized carbons (Fsp3) is 0.409. The Morgan fingerprint density at radius 3 is 2.41 bits per heavy atom. The fourth-order valence-electron chi connectivity index (χ4n) is 3.34. The summed E-state index contributed by atoms with van der Waals surface area (Å²) in [5.41, 5.74) is 2.57. The van der Waals surface area contributed by atoms with Crippen LogP contribution in [0.5, 0.6) is 5.75 Å². The molecule has 0 radical (unpaired) electrons. The number of ether oxygens (including phenoxy) is 1. The van der Waals surface area contributed by atoms with E-state index in [2.05, 4.69) is 0 Å². The van der Waals surface area contributed by atoms with Gasteiger partial charge in [-0.3, -0.25) is 4.79 Å². The van der Waals surface area contributed by atoms with Crippen LogP contribution in [0, 0.1) is 11.8 Å². The average molecular weight is 405 g/mol. The van der Waals surface area contributed by atoms with E-state index in [1.807, 2.05) is 30.3 Å². The molecule has 2 aromatic carbocycles. The fourth-order valence-corrected chi connectivity index (χ4v) is 3.64. The Kier molecular flexibility index (Phi) is 5.34. The van der Waals surface area contributed by atoms with E-state index in [1.54, 1.807) is 6.07 Å². The SMILES string of the molecule is O=C(O)C(CC1CC1)c1ccc(OCC2CC2)c(-c2ccc(Cl)c(Cl)c2)c1. The molecular formula is C22H22Cl2O3. The van der Waals surface area contributed by atoms with Crippen LogP contribution in [0.15, 0.2) is 36.4 Å². The number of carboxylic acids is 1. The summed E-state index contributed by atoms with van der Waals surface area (Å²) < 4.78 is 6.05. The lowest BCUT2D eigenvalue weighted by Gasteiger charge is -2.17. The lowest BCUT2D eigenvalue weighted by atomic mass is 9.90. The highest BCUT2D eigenvalue weighted by atomic mass is 35.5. The summed E-state index contributed by atoms with van der Waals surface area (Å²) in [6, 6.07) is 11.2. The van der Waals surface area contributed by atoms with Crippen LogP contribution in [0.25, 0.3) is 11.1 Å². The summed E-state index contributed by atoms with van der Waals surface area (Å²) in [7, 11) is 0. The number of aliphatic carboxylic acids is 1. The number of carboxylic acid groups (broad SMARTS) is 1. The van der Waals surface area contributed by atoms with Crippen LogP contribution in [0.4, 0.5) is 0 Å². The van der Waals surface area contributed by atoms with E-state index in [-0.39, 0.29) is 0 Å². The Bertz CT molecular complexity index is 857. The molecule has 0 spiro atoms. The van der Waals surface area contributed by atoms with Crippen LogP contribution in [0.3, 0.4) is 0 Å². The van der Waals surface area contributed by atoms with Crippen molar-refractivity contribution in [2.75, 3.05) is 6.61 Å². The first kappa shape index (κ1) is 18.6. The number of benzene rings is 2. The minimum absolute atomic E-state index is 0.473. The second kappa shape index (κ2) is 7.73. The molecule has 0 bridgehead atoms. The first-order valence-corrected chi connectivity index (χ1v) is 10.2. The second-order valence-corrected chi connectivity index (χ2v) is 8.52. The molecule has 0 amide bonds. The molecule has 2 saturated carbocycles. The minimum Gasteiger partial charge on any atom is -0.493 e. The molecule has 2 aliphatic rings.